The normalized spacial score (nSPS) is 14.1. The van der Waals surface area contributed by atoms with Gasteiger partial charge in [0.15, 0.2) is 0 Å². The number of nitrogens with one attached hydrogen (secondary N) is 1. The minimum absolute atomic E-state index is 0.0688. The number of carbonyl (C=O) groups is 1. The Hall–Kier alpha value is -3.51. The number of benzene rings is 2. The second-order valence-corrected chi connectivity index (χ2v) is 9.54. The van der Waals surface area contributed by atoms with Gasteiger partial charge < -0.3 is 10.2 Å². The number of pyridine rings is 2. The Kier molecular flexibility index (Phi) is 6.41. The summed E-state index contributed by atoms with van der Waals surface area (Å²) >= 11 is 2.16. The number of piperidine rings is 1. The van der Waals surface area contributed by atoms with Crippen LogP contribution in [0.15, 0.2) is 73.3 Å². The summed E-state index contributed by atoms with van der Waals surface area (Å²) in [6.45, 7) is 1.41. The molecule has 2 aromatic carbocycles. The quantitative estimate of drug-likeness (QED) is 0.335. The molecule has 7 heteroatoms. The fraction of sp³-hybridized carbons (Fsp3) is 0.185. The molecule has 0 spiro atoms. The number of nitrogens with zero attached hydrogens (tertiary/aromatic N) is 4. The van der Waals surface area contributed by atoms with Crippen molar-refractivity contribution in [1.82, 2.24) is 14.9 Å². The molecule has 1 aliphatic heterocycles. The second-order valence-electron chi connectivity index (χ2n) is 8.38. The summed E-state index contributed by atoms with van der Waals surface area (Å²) in [5.41, 5.74) is 4.44. The van der Waals surface area contributed by atoms with Crippen molar-refractivity contribution in [1.29, 1.82) is 5.26 Å². The van der Waals surface area contributed by atoms with E-state index in [1.165, 1.54) is 0 Å². The van der Waals surface area contributed by atoms with Crippen molar-refractivity contribution in [2.45, 2.75) is 18.9 Å². The van der Waals surface area contributed by atoms with Crippen molar-refractivity contribution in [3.8, 4) is 17.2 Å². The van der Waals surface area contributed by atoms with Gasteiger partial charge in [-0.05, 0) is 88.3 Å². The lowest BCUT2D eigenvalue weighted by atomic mass is 9.98. The van der Waals surface area contributed by atoms with Crippen LogP contribution in [0.4, 0.5) is 5.69 Å². The molecule has 0 atom stereocenters. The van der Waals surface area contributed by atoms with E-state index in [9.17, 15) is 10.1 Å². The van der Waals surface area contributed by atoms with Crippen LogP contribution >= 0.6 is 22.6 Å². The van der Waals surface area contributed by atoms with Crippen LogP contribution in [0.25, 0.3) is 21.9 Å². The molecule has 0 radical (unpaired) electrons. The maximum Gasteiger partial charge on any atom is 0.255 e. The van der Waals surface area contributed by atoms with Crippen LogP contribution in [0, 0.1) is 14.9 Å². The highest BCUT2D eigenvalue weighted by Gasteiger charge is 2.25. The first-order valence-corrected chi connectivity index (χ1v) is 12.2. The Morgan fingerprint density at radius 1 is 1.03 bits per heavy atom. The molecule has 3 heterocycles. The van der Waals surface area contributed by atoms with Gasteiger partial charge in [-0.2, -0.15) is 5.26 Å². The van der Waals surface area contributed by atoms with Crippen molar-refractivity contribution in [2.24, 2.45) is 0 Å². The summed E-state index contributed by atoms with van der Waals surface area (Å²) in [5.74, 6) is 0.0688. The smallest absolute Gasteiger partial charge is 0.255 e. The van der Waals surface area contributed by atoms with E-state index in [1.807, 2.05) is 41.4 Å². The fourth-order valence-corrected chi connectivity index (χ4v) is 4.99. The monoisotopic (exact) mass is 559 g/mol. The Morgan fingerprint density at radius 3 is 2.62 bits per heavy atom. The van der Waals surface area contributed by atoms with Gasteiger partial charge in [0.1, 0.15) is 0 Å². The lowest BCUT2D eigenvalue weighted by Crippen LogP contribution is -2.42. The van der Waals surface area contributed by atoms with Crippen LogP contribution in [0.3, 0.4) is 0 Å². The van der Waals surface area contributed by atoms with Gasteiger partial charge in [-0.1, -0.05) is 12.1 Å². The predicted octanol–water partition coefficient (Wildman–Crippen LogP) is 5.49. The van der Waals surface area contributed by atoms with Crippen LogP contribution in [-0.2, 0) is 0 Å². The molecule has 168 valence electrons. The molecule has 4 aromatic rings. The first kappa shape index (κ1) is 22.3. The second kappa shape index (κ2) is 9.77. The fourth-order valence-electron chi connectivity index (χ4n) is 4.42. The van der Waals surface area contributed by atoms with Gasteiger partial charge in [0, 0.05) is 58.6 Å². The maximum absolute atomic E-state index is 13.0. The third-order valence-electron chi connectivity index (χ3n) is 6.23. The van der Waals surface area contributed by atoms with Gasteiger partial charge >= 0.3 is 0 Å². The van der Waals surface area contributed by atoms with Crippen LogP contribution < -0.4 is 5.32 Å². The van der Waals surface area contributed by atoms with Crippen molar-refractivity contribution in [2.75, 3.05) is 18.4 Å². The number of rotatable bonds is 4. The highest BCUT2D eigenvalue weighted by Crippen LogP contribution is 2.32. The molecule has 5 rings (SSSR count). The summed E-state index contributed by atoms with van der Waals surface area (Å²) in [4.78, 5) is 23.3. The molecular weight excluding hydrogens is 537 g/mol. The summed E-state index contributed by atoms with van der Waals surface area (Å²) in [6.07, 6.45) is 8.80. The molecule has 6 nitrogen and oxygen atoms in total. The first-order valence-electron chi connectivity index (χ1n) is 11.2. The molecule has 1 N–H and O–H groups in total. The molecule has 2 aromatic heterocycles. The van der Waals surface area contributed by atoms with Crippen LogP contribution in [0.2, 0.25) is 0 Å². The van der Waals surface area contributed by atoms with E-state index in [0.29, 0.717) is 24.2 Å². The lowest BCUT2D eigenvalue weighted by molar-refractivity contribution is 0.0717. The van der Waals surface area contributed by atoms with Gasteiger partial charge in [0.2, 0.25) is 0 Å². The SMILES string of the molecule is N#Cc1cccc(-c2cc(NC3CCN(C(=O)c4ccncc4I)CC3)c3cnccc3c2)c1. The minimum Gasteiger partial charge on any atom is -0.382 e. The number of nitriles is 1. The van der Waals surface area contributed by atoms with E-state index < -0.39 is 0 Å². The van der Waals surface area contributed by atoms with Crippen molar-refractivity contribution < 1.29 is 4.79 Å². The van der Waals surface area contributed by atoms with E-state index in [2.05, 4.69) is 56.1 Å². The maximum atomic E-state index is 13.0. The van der Waals surface area contributed by atoms with Gasteiger partial charge in [0.25, 0.3) is 5.91 Å². The Labute approximate surface area is 211 Å². The molecule has 0 bridgehead atoms. The van der Waals surface area contributed by atoms with Gasteiger partial charge in [-0.15, -0.1) is 0 Å². The third kappa shape index (κ3) is 4.59. The number of amides is 1. The number of likely N-dealkylation sites (tertiary alicyclic amines) is 1. The number of carbonyl (C=O) groups excluding carboxylic acids is 1. The van der Waals surface area contributed by atoms with Gasteiger partial charge in [-0.3, -0.25) is 14.8 Å². The average molecular weight is 559 g/mol. The van der Waals surface area contributed by atoms with Crippen molar-refractivity contribution in [3.05, 3.63) is 88.0 Å². The Morgan fingerprint density at radius 2 is 1.82 bits per heavy atom. The molecule has 1 fully saturated rings. The van der Waals surface area contributed by atoms with E-state index >= 15 is 0 Å². The lowest BCUT2D eigenvalue weighted by Gasteiger charge is -2.33. The summed E-state index contributed by atoms with van der Waals surface area (Å²) in [6, 6.07) is 18.2. The van der Waals surface area contributed by atoms with E-state index in [0.717, 1.165) is 44.0 Å². The highest BCUT2D eigenvalue weighted by molar-refractivity contribution is 14.1. The largest absolute Gasteiger partial charge is 0.382 e. The number of hydrogen-bond donors (Lipinski definition) is 1. The number of hydrogen-bond acceptors (Lipinski definition) is 5. The Bertz CT molecular complexity index is 1410. The standard InChI is InChI=1S/C27H22IN5O/c28-25-17-31-9-5-23(25)27(34)33-10-6-22(7-11-33)32-26-14-21(13-20-4-8-30-16-24(20)26)19-3-1-2-18(12-19)15-29/h1-5,8-9,12-14,16-17,22,32H,6-7,10-11H2. The summed E-state index contributed by atoms with van der Waals surface area (Å²) in [5, 5.41) is 15.2. The molecular formula is C27H22IN5O. The topological polar surface area (TPSA) is 81.9 Å². The molecule has 0 unspecified atom stereocenters. The van der Waals surface area contributed by atoms with E-state index in [4.69, 9.17) is 0 Å². The minimum atomic E-state index is 0.0688. The first-order chi connectivity index (χ1) is 16.6. The predicted molar refractivity (Wildman–Crippen MR) is 141 cm³/mol. The zero-order valence-corrected chi connectivity index (χ0v) is 20.6. The highest BCUT2D eigenvalue weighted by atomic mass is 127. The van der Waals surface area contributed by atoms with Crippen molar-refractivity contribution >= 4 is 45.0 Å². The number of aromatic nitrogens is 2. The zero-order valence-electron chi connectivity index (χ0n) is 18.4. The molecule has 1 aliphatic rings. The Balaban J connectivity index is 1.36. The average Bonchev–Trinajstić information content (AvgIpc) is 2.89. The van der Waals surface area contributed by atoms with Crippen LogP contribution in [0.1, 0.15) is 28.8 Å². The van der Waals surface area contributed by atoms with Gasteiger partial charge in [0.05, 0.1) is 17.2 Å². The number of fused-ring (bicyclic) bond motifs is 1. The third-order valence-corrected chi connectivity index (χ3v) is 7.09. The van der Waals surface area contributed by atoms with Gasteiger partial charge in [-0.25, -0.2) is 0 Å². The molecule has 1 amide bonds. The summed E-state index contributed by atoms with van der Waals surface area (Å²) < 4.78 is 0.876. The summed E-state index contributed by atoms with van der Waals surface area (Å²) in [7, 11) is 0. The molecule has 0 aliphatic carbocycles. The number of anilines is 1. The van der Waals surface area contributed by atoms with E-state index in [1.54, 1.807) is 24.7 Å². The van der Waals surface area contributed by atoms with Crippen molar-refractivity contribution in [3.63, 3.8) is 0 Å². The number of halogens is 1. The van der Waals surface area contributed by atoms with Crippen LogP contribution in [-0.4, -0.2) is 39.9 Å². The zero-order chi connectivity index (χ0) is 23.5. The molecule has 1 saturated heterocycles. The molecule has 34 heavy (non-hydrogen) atoms. The molecule has 0 saturated carbocycles. The van der Waals surface area contributed by atoms with E-state index in [-0.39, 0.29) is 11.9 Å². The van der Waals surface area contributed by atoms with Crippen LogP contribution in [0.5, 0.6) is 0 Å².